The van der Waals surface area contributed by atoms with Gasteiger partial charge in [0, 0.05) is 12.1 Å². The first kappa shape index (κ1) is 13.7. The molecule has 6 heteroatoms. The zero-order valence-corrected chi connectivity index (χ0v) is 10.9. The predicted molar refractivity (Wildman–Crippen MR) is 68.4 cm³/mol. The van der Waals surface area contributed by atoms with E-state index in [4.69, 9.17) is 11.6 Å². The van der Waals surface area contributed by atoms with Crippen LogP contribution in [0.4, 0.5) is 11.5 Å². The van der Waals surface area contributed by atoms with E-state index in [0.29, 0.717) is 11.7 Å². The van der Waals surface area contributed by atoms with Crippen molar-refractivity contribution in [1.82, 2.24) is 4.98 Å². The van der Waals surface area contributed by atoms with Crippen LogP contribution in [0.5, 0.6) is 0 Å². The molecule has 1 heterocycles. The molecule has 1 aromatic heterocycles. The molecular weight excluding hydrogens is 242 g/mol. The van der Waals surface area contributed by atoms with Gasteiger partial charge in [-0.25, -0.2) is 4.98 Å². The van der Waals surface area contributed by atoms with Gasteiger partial charge in [0.25, 0.3) is 5.69 Å². The molecule has 2 atom stereocenters. The lowest BCUT2D eigenvalue weighted by atomic mass is 10.0. The predicted octanol–water partition coefficient (Wildman–Crippen LogP) is 3.49. The van der Waals surface area contributed by atoms with Gasteiger partial charge in [0.2, 0.25) is 0 Å². The maximum absolute atomic E-state index is 10.5. The smallest absolute Gasteiger partial charge is 0.289 e. The molecule has 0 spiro atoms. The molecule has 2 unspecified atom stereocenters. The molecular formula is C11H16ClN3O2. The Bertz CT molecular complexity index is 412. The maximum atomic E-state index is 10.5. The number of aromatic nitrogens is 1. The Kier molecular flexibility index (Phi) is 4.69. The lowest BCUT2D eigenvalue weighted by Crippen LogP contribution is -2.23. The van der Waals surface area contributed by atoms with Crippen molar-refractivity contribution in [1.29, 1.82) is 0 Å². The Balaban J connectivity index is 2.82. The van der Waals surface area contributed by atoms with Gasteiger partial charge >= 0.3 is 0 Å². The highest BCUT2D eigenvalue weighted by molar-refractivity contribution is 6.33. The Morgan fingerprint density at radius 2 is 2.24 bits per heavy atom. The summed E-state index contributed by atoms with van der Waals surface area (Å²) in [6, 6.07) is 1.52. The summed E-state index contributed by atoms with van der Waals surface area (Å²) in [6.07, 6.45) is 2.25. The topological polar surface area (TPSA) is 68.1 Å². The molecule has 0 aliphatic rings. The molecule has 0 radical (unpaired) electrons. The summed E-state index contributed by atoms with van der Waals surface area (Å²) in [5.74, 6) is 0.966. The highest BCUT2D eigenvalue weighted by Crippen LogP contribution is 2.25. The quantitative estimate of drug-likeness (QED) is 0.648. The van der Waals surface area contributed by atoms with E-state index < -0.39 is 4.92 Å². The van der Waals surface area contributed by atoms with Gasteiger partial charge < -0.3 is 5.32 Å². The summed E-state index contributed by atoms with van der Waals surface area (Å²) in [6.45, 7) is 6.26. The third-order valence-corrected chi connectivity index (χ3v) is 3.19. The molecule has 5 nitrogen and oxygen atoms in total. The second kappa shape index (κ2) is 5.82. The van der Waals surface area contributed by atoms with E-state index in [-0.39, 0.29) is 16.8 Å². The Morgan fingerprint density at radius 3 is 2.71 bits per heavy atom. The van der Waals surface area contributed by atoms with Gasteiger partial charge in [-0.15, -0.1) is 0 Å². The van der Waals surface area contributed by atoms with Crippen molar-refractivity contribution >= 4 is 23.1 Å². The van der Waals surface area contributed by atoms with Crippen LogP contribution in [0.25, 0.3) is 0 Å². The summed E-state index contributed by atoms with van der Waals surface area (Å²) in [5, 5.41) is 14.0. The molecule has 0 bridgehead atoms. The molecule has 0 amide bonds. The Morgan fingerprint density at radius 1 is 1.59 bits per heavy atom. The number of rotatable bonds is 5. The van der Waals surface area contributed by atoms with Crippen LogP contribution < -0.4 is 5.32 Å². The normalized spacial score (nSPS) is 14.1. The molecule has 1 rings (SSSR count). The van der Waals surface area contributed by atoms with E-state index in [1.165, 1.54) is 12.3 Å². The van der Waals surface area contributed by atoms with E-state index in [2.05, 4.69) is 24.1 Å². The van der Waals surface area contributed by atoms with E-state index in [0.717, 1.165) is 6.42 Å². The number of pyridine rings is 1. The van der Waals surface area contributed by atoms with E-state index >= 15 is 0 Å². The average molecular weight is 258 g/mol. The van der Waals surface area contributed by atoms with Gasteiger partial charge in [0.15, 0.2) is 0 Å². The Labute approximate surface area is 105 Å². The third kappa shape index (κ3) is 3.56. The minimum atomic E-state index is -0.513. The van der Waals surface area contributed by atoms with Gasteiger partial charge in [0.1, 0.15) is 12.0 Å². The van der Waals surface area contributed by atoms with Crippen molar-refractivity contribution in [3.63, 3.8) is 0 Å². The molecule has 0 aromatic carbocycles. The molecule has 1 N–H and O–H groups in total. The third-order valence-electron chi connectivity index (χ3n) is 2.90. The van der Waals surface area contributed by atoms with Crippen molar-refractivity contribution < 1.29 is 4.92 Å². The number of nitrogens with one attached hydrogen (secondary N) is 1. The van der Waals surface area contributed by atoms with Crippen LogP contribution in [0.15, 0.2) is 12.3 Å². The van der Waals surface area contributed by atoms with Gasteiger partial charge in [-0.05, 0) is 12.8 Å². The maximum Gasteiger partial charge on any atom is 0.289 e. The first-order valence-corrected chi connectivity index (χ1v) is 5.90. The van der Waals surface area contributed by atoms with Crippen LogP contribution in [-0.2, 0) is 0 Å². The molecule has 0 aliphatic carbocycles. The molecule has 94 valence electrons. The highest BCUT2D eigenvalue weighted by Gasteiger charge is 2.15. The fraction of sp³-hybridized carbons (Fsp3) is 0.545. The summed E-state index contributed by atoms with van der Waals surface area (Å²) in [4.78, 5) is 14.0. The van der Waals surface area contributed by atoms with E-state index in [1.54, 1.807) is 0 Å². The summed E-state index contributed by atoms with van der Waals surface area (Å²) in [5.41, 5.74) is -0.100. The van der Waals surface area contributed by atoms with E-state index in [1.807, 2.05) is 6.92 Å². The second-order valence-electron chi connectivity index (χ2n) is 4.10. The van der Waals surface area contributed by atoms with Crippen molar-refractivity contribution in [2.24, 2.45) is 5.92 Å². The summed E-state index contributed by atoms with van der Waals surface area (Å²) in [7, 11) is 0. The number of nitro groups is 1. The molecule has 0 fully saturated rings. The molecule has 0 saturated heterocycles. The fourth-order valence-electron chi connectivity index (χ4n) is 1.35. The summed E-state index contributed by atoms with van der Waals surface area (Å²) < 4.78 is 0. The molecule has 1 aromatic rings. The van der Waals surface area contributed by atoms with Crippen LogP contribution in [0.3, 0.4) is 0 Å². The molecule has 0 aliphatic heterocycles. The van der Waals surface area contributed by atoms with Gasteiger partial charge in [0.05, 0.1) is 9.95 Å². The number of anilines is 1. The van der Waals surface area contributed by atoms with Crippen LogP contribution in [0.2, 0.25) is 5.02 Å². The summed E-state index contributed by atoms with van der Waals surface area (Å²) >= 11 is 5.94. The average Bonchev–Trinajstić information content (AvgIpc) is 2.30. The first-order valence-electron chi connectivity index (χ1n) is 5.52. The zero-order valence-electron chi connectivity index (χ0n) is 10.1. The second-order valence-corrected chi connectivity index (χ2v) is 4.51. The lowest BCUT2D eigenvalue weighted by molar-refractivity contribution is -0.385. The van der Waals surface area contributed by atoms with Crippen LogP contribution in [0.1, 0.15) is 27.2 Å². The van der Waals surface area contributed by atoms with Crippen LogP contribution >= 0.6 is 11.6 Å². The van der Waals surface area contributed by atoms with Gasteiger partial charge in [-0.3, -0.25) is 10.1 Å². The number of halogens is 1. The Hall–Kier alpha value is -1.36. The first-order chi connectivity index (χ1) is 7.95. The minimum Gasteiger partial charge on any atom is -0.366 e. The van der Waals surface area contributed by atoms with Crippen LogP contribution in [-0.4, -0.2) is 15.9 Å². The van der Waals surface area contributed by atoms with Gasteiger partial charge in [-0.2, -0.15) is 0 Å². The molecule has 0 saturated carbocycles. The molecule has 17 heavy (non-hydrogen) atoms. The largest absolute Gasteiger partial charge is 0.366 e. The highest BCUT2D eigenvalue weighted by atomic mass is 35.5. The fourth-order valence-corrected chi connectivity index (χ4v) is 1.56. The van der Waals surface area contributed by atoms with Crippen molar-refractivity contribution in [3.05, 3.63) is 27.4 Å². The van der Waals surface area contributed by atoms with Crippen molar-refractivity contribution in [2.75, 3.05) is 5.32 Å². The zero-order chi connectivity index (χ0) is 13.0. The van der Waals surface area contributed by atoms with Crippen molar-refractivity contribution in [3.8, 4) is 0 Å². The lowest BCUT2D eigenvalue weighted by Gasteiger charge is -2.20. The minimum absolute atomic E-state index is 0.100. The van der Waals surface area contributed by atoms with E-state index in [9.17, 15) is 10.1 Å². The number of hydrogen-bond acceptors (Lipinski definition) is 4. The standard InChI is InChI=1S/C11H16ClN3O2/c1-4-7(2)8(3)14-11-10(12)5-9(6-13-11)15(16)17/h5-8H,4H2,1-3H3,(H,13,14). The van der Waals surface area contributed by atoms with Gasteiger partial charge in [-0.1, -0.05) is 31.9 Å². The SMILES string of the molecule is CCC(C)C(C)Nc1ncc([N+](=O)[O-])cc1Cl. The monoisotopic (exact) mass is 257 g/mol. The van der Waals surface area contributed by atoms with Crippen LogP contribution in [0, 0.1) is 16.0 Å². The van der Waals surface area contributed by atoms with Crippen molar-refractivity contribution in [2.45, 2.75) is 33.2 Å². The number of nitrogens with zero attached hydrogens (tertiary/aromatic N) is 2. The number of hydrogen-bond donors (Lipinski definition) is 1.